The van der Waals surface area contributed by atoms with Crippen molar-refractivity contribution in [3.8, 4) is 0 Å². The first kappa shape index (κ1) is 18.2. The summed E-state index contributed by atoms with van der Waals surface area (Å²) in [4.78, 5) is 10.8. The first-order valence-electron chi connectivity index (χ1n) is 7.00. The molecule has 0 aliphatic carbocycles. The quantitative estimate of drug-likeness (QED) is 0.333. The van der Waals surface area contributed by atoms with Gasteiger partial charge in [-0.2, -0.15) is 0 Å². The summed E-state index contributed by atoms with van der Waals surface area (Å²) in [5.41, 5.74) is 0. The van der Waals surface area contributed by atoms with Crippen molar-refractivity contribution in [1.29, 1.82) is 0 Å². The Hall–Kier alpha value is -0.840. The number of sulfone groups is 1. The number of carbonyl (C=O) groups is 1. The second kappa shape index (κ2) is 11.0. The van der Waals surface area contributed by atoms with Crippen molar-refractivity contribution in [2.24, 2.45) is 0 Å². The van der Waals surface area contributed by atoms with Crippen LogP contribution in [0.25, 0.3) is 0 Å². The summed E-state index contributed by atoms with van der Waals surface area (Å²) >= 11 is 0. The normalized spacial score (nSPS) is 11.9. The Balaban J connectivity index is 3.65. The van der Waals surface area contributed by atoms with Crippen molar-refractivity contribution < 1.29 is 17.9 Å². The Morgan fingerprint density at radius 2 is 1.53 bits per heavy atom. The molecule has 0 atom stereocenters. The molecule has 0 amide bonds. The van der Waals surface area contributed by atoms with E-state index in [2.05, 4.69) is 11.7 Å². The molecule has 0 bridgehead atoms. The molecule has 4 nitrogen and oxygen atoms in total. The fourth-order valence-corrected chi connectivity index (χ4v) is 2.79. The van der Waals surface area contributed by atoms with E-state index in [9.17, 15) is 13.2 Å². The van der Waals surface area contributed by atoms with Crippen LogP contribution in [0.5, 0.6) is 0 Å². The number of carbonyl (C=O) groups excluding carboxylic acids is 1. The molecule has 0 aromatic heterocycles. The highest BCUT2D eigenvalue weighted by Gasteiger charge is 2.06. The maximum absolute atomic E-state index is 11.5. The van der Waals surface area contributed by atoms with Gasteiger partial charge >= 0.3 is 5.97 Å². The van der Waals surface area contributed by atoms with Crippen LogP contribution in [0.2, 0.25) is 0 Å². The number of methoxy groups -OCH3 is 1. The van der Waals surface area contributed by atoms with Gasteiger partial charge in [-0.1, -0.05) is 51.9 Å². The minimum absolute atomic E-state index is 0.107. The Bertz CT molecular complexity index is 358. The zero-order chi connectivity index (χ0) is 14.6. The molecule has 0 unspecified atom stereocenters. The third kappa shape index (κ3) is 12.0. The Morgan fingerprint density at radius 3 is 2.05 bits per heavy atom. The fourth-order valence-electron chi connectivity index (χ4n) is 1.73. The zero-order valence-electron chi connectivity index (χ0n) is 12.1. The predicted molar refractivity (Wildman–Crippen MR) is 77.6 cm³/mol. The average Bonchev–Trinajstić information content (AvgIpc) is 2.39. The molecule has 0 aromatic rings. The van der Waals surface area contributed by atoms with Gasteiger partial charge in [0.25, 0.3) is 0 Å². The maximum atomic E-state index is 11.5. The van der Waals surface area contributed by atoms with Crippen molar-refractivity contribution in [2.75, 3.05) is 12.9 Å². The monoisotopic (exact) mass is 290 g/mol. The fraction of sp³-hybridized carbons (Fsp3) is 0.786. The topological polar surface area (TPSA) is 60.4 Å². The molecule has 112 valence electrons. The second-order valence-electron chi connectivity index (χ2n) is 4.67. The Labute approximate surface area is 117 Å². The highest BCUT2D eigenvalue weighted by atomic mass is 32.2. The zero-order valence-corrected chi connectivity index (χ0v) is 12.9. The number of rotatable bonds is 11. The second-order valence-corrected chi connectivity index (χ2v) is 6.67. The number of ether oxygens (including phenoxy) is 1. The van der Waals surface area contributed by atoms with E-state index in [1.54, 1.807) is 0 Å². The lowest BCUT2D eigenvalue weighted by Crippen LogP contribution is -2.04. The van der Waals surface area contributed by atoms with Crippen LogP contribution in [0.1, 0.15) is 58.3 Å². The standard InChI is InChI=1S/C14H26O4S/c1-3-4-5-6-7-8-9-10-12-19(16,17)13-11-14(15)18-2/h11,13H,3-10,12H2,1-2H3/b13-11+. The lowest BCUT2D eigenvalue weighted by molar-refractivity contribution is -0.134. The van der Waals surface area contributed by atoms with Gasteiger partial charge in [0, 0.05) is 11.5 Å². The Morgan fingerprint density at radius 1 is 1.00 bits per heavy atom. The average molecular weight is 290 g/mol. The minimum atomic E-state index is -3.27. The summed E-state index contributed by atoms with van der Waals surface area (Å²) in [6, 6.07) is 0. The highest BCUT2D eigenvalue weighted by molar-refractivity contribution is 7.94. The van der Waals surface area contributed by atoms with E-state index in [4.69, 9.17) is 0 Å². The molecule has 0 heterocycles. The summed E-state index contributed by atoms with van der Waals surface area (Å²) < 4.78 is 27.4. The molecule has 0 radical (unpaired) electrons. The van der Waals surface area contributed by atoms with Crippen LogP contribution in [0.15, 0.2) is 11.5 Å². The molecule has 5 heteroatoms. The van der Waals surface area contributed by atoms with Gasteiger partial charge in [0.05, 0.1) is 12.9 Å². The first-order chi connectivity index (χ1) is 9.02. The van der Waals surface area contributed by atoms with Crippen LogP contribution < -0.4 is 0 Å². The summed E-state index contributed by atoms with van der Waals surface area (Å²) in [5.74, 6) is -0.533. The van der Waals surface area contributed by atoms with E-state index in [1.165, 1.54) is 39.2 Å². The van der Waals surface area contributed by atoms with E-state index >= 15 is 0 Å². The van der Waals surface area contributed by atoms with Gasteiger partial charge in [0.1, 0.15) is 0 Å². The molecular formula is C14H26O4S. The lowest BCUT2D eigenvalue weighted by Gasteiger charge is -2.01. The number of hydrogen-bond donors (Lipinski definition) is 0. The van der Waals surface area contributed by atoms with Crippen molar-refractivity contribution in [3.63, 3.8) is 0 Å². The molecule has 0 rings (SSSR count). The molecule has 0 N–H and O–H groups in total. The van der Waals surface area contributed by atoms with Gasteiger partial charge in [-0.15, -0.1) is 0 Å². The first-order valence-corrected chi connectivity index (χ1v) is 8.72. The molecule has 0 fully saturated rings. The van der Waals surface area contributed by atoms with E-state index in [0.29, 0.717) is 6.42 Å². The van der Waals surface area contributed by atoms with Gasteiger partial charge in [-0.3, -0.25) is 0 Å². The van der Waals surface area contributed by atoms with Crippen LogP contribution in [0, 0.1) is 0 Å². The van der Waals surface area contributed by atoms with Gasteiger partial charge < -0.3 is 4.74 Å². The van der Waals surface area contributed by atoms with Crippen molar-refractivity contribution >= 4 is 15.8 Å². The van der Waals surface area contributed by atoms with E-state index < -0.39 is 15.8 Å². The van der Waals surface area contributed by atoms with E-state index in [1.807, 2.05) is 0 Å². The van der Waals surface area contributed by atoms with Crippen LogP contribution in [-0.2, 0) is 19.4 Å². The predicted octanol–water partition coefficient (Wildman–Crippen LogP) is 3.23. The smallest absolute Gasteiger partial charge is 0.331 e. The van der Waals surface area contributed by atoms with Crippen LogP contribution in [0.4, 0.5) is 0 Å². The summed E-state index contributed by atoms with van der Waals surface area (Å²) in [6.45, 7) is 2.19. The van der Waals surface area contributed by atoms with Crippen LogP contribution in [0.3, 0.4) is 0 Å². The summed E-state index contributed by atoms with van der Waals surface area (Å²) in [5, 5.41) is 0.945. The van der Waals surface area contributed by atoms with Gasteiger partial charge in [-0.05, 0) is 6.42 Å². The Kier molecular flexibility index (Phi) is 10.5. The largest absolute Gasteiger partial charge is 0.466 e. The molecule has 0 saturated heterocycles. The molecule has 0 spiro atoms. The van der Waals surface area contributed by atoms with Crippen molar-refractivity contribution in [2.45, 2.75) is 58.3 Å². The van der Waals surface area contributed by atoms with Crippen molar-refractivity contribution in [1.82, 2.24) is 0 Å². The third-order valence-corrected chi connectivity index (χ3v) is 4.30. The van der Waals surface area contributed by atoms with E-state index in [0.717, 1.165) is 24.3 Å². The van der Waals surface area contributed by atoms with Crippen LogP contribution >= 0.6 is 0 Å². The molecule has 0 aromatic carbocycles. The lowest BCUT2D eigenvalue weighted by atomic mass is 10.1. The van der Waals surface area contributed by atoms with Crippen molar-refractivity contribution in [3.05, 3.63) is 11.5 Å². The molecule has 0 aliphatic rings. The SMILES string of the molecule is CCCCCCCCCCS(=O)(=O)/C=C/C(=O)OC. The minimum Gasteiger partial charge on any atom is -0.466 e. The number of unbranched alkanes of at least 4 members (excludes halogenated alkanes) is 7. The van der Waals surface area contributed by atoms with E-state index in [-0.39, 0.29) is 5.75 Å². The number of hydrogen-bond acceptors (Lipinski definition) is 4. The summed E-state index contributed by atoms with van der Waals surface area (Å²) in [7, 11) is -2.05. The summed E-state index contributed by atoms with van der Waals surface area (Å²) in [6.07, 6.45) is 9.84. The van der Waals surface area contributed by atoms with Gasteiger partial charge in [-0.25, -0.2) is 13.2 Å². The molecule has 0 aliphatic heterocycles. The van der Waals surface area contributed by atoms with Gasteiger partial charge in [0.15, 0.2) is 9.84 Å². The molecule has 0 saturated carbocycles. The third-order valence-electron chi connectivity index (χ3n) is 2.90. The molecular weight excluding hydrogens is 264 g/mol. The maximum Gasteiger partial charge on any atom is 0.331 e. The van der Waals surface area contributed by atoms with Crippen LogP contribution in [-0.4, -0.2) is 27.2 Å². The van der Waals surface area contributed by atoms with Gasteiger partial charge in [0.2, 0.25) is 0 Å². The highest BCUT2D eigenvalue weighted by Crippen LogP contribution is 2.09. The number of esters is 1. The molecule has 19 heavy (non-hydrogen) atoms.